The van der Waals surface area contributed by atoms with E-state index in [2.05, 4.69) is 18.8 Å². The van der Waals surface area contributed by atoms with E-state index in [1.165, 1.54) is 32.1 Å². The van der Waals surface area contributed by atoms with E-state index in [1.807, 2.05) is 0 Å². The van der Waals surface area contributed by atoms with Crippen LogP contribution in [0.3, 0.4) is 0 Å². The van der Waals surface area contributed by atoms with Crippen molar-refractivity contribution in [3.05, 3.63) is 0 Å². The summed E-state index contributed by atoms with van der Waals surface area (Å²) in [5.74, 6) is 5.70. The monoisotopic (exact) mass is 168 g/mol. The lowest BCUT2D eigenvalue weighted by atomic mass is 10.1. The summed E-state index contributed by atoms with van der Waals surface area (Å²) in [5.41, 5.74) is 0. The van der Waals surface area contributed by atoms with Crippen molar-refractivity contribution < 1.29 is 5.11 Å². The molecule has 12 heavy (non-hydrogen) atoms. The molecular weight excluding hydrogens is 148 g/mol. The van der Waals surface area contributed by atoms with Gasteiger partial charge < -0.3 is 5.11 Å². The maximum Gasteiger partial charge on any atom is 0.111 e. The van der Waals surface area contributed by atoms with Gasteiger partial charge in [-0.2, -0.15) is 0 Å². The topological polar surface area (TPSA) is 20.2 Å². The Bertz CT molecular complexity index is 139. The third-order valence-corrected chi connectivity index (χ3v) is 1.72. The Labute approximate surface area is 76.2 Å². The lowest BCUT2D eigenvalue weighted by molar-refractivity contribution is 0.253. The molecule has 70 valence electrons. The third-order valence-electron chi connectivity index (χ3n) is 1.72. The van der Waals surface area contributed by atoms with Crippen molar-refractivity contribution in [3.8, 4) is 11.8 Å². The highest BCUT2D eigenvalue weighted by Crippen LogP contribution is 2.03. The van der Waals surface area contributed by atoms with Gasteiger partial charge >= 0.3 is 0 Å². The van der Waals surface area contributed by atoms with Crippen molar-refractivity contribution >= 4 is 0 Å². The maximum absolute atomic E-state index is 8.82. The van der Waals surface area contributed by atoms with Crippen molar-refractivity contribution in [2.45, 2.75) is 58.5 Å². The third kappa shape index (κ3) is 9.52. The Morgan fingerprint density at radius 1 is 1.17 bits per heavy atom. The highest BCUT2D eigenvalue weighted by atomic mass is 16.3. The molecule has 1 N–H and O–H groups in total. The minimum Gasteiger partial charge on any atom is -0.381 e. The van der Waals surface area contributed by atoms with Crippen LogP contribution in [-0.4, -0.2) is 11.2 Å². The quantitative estimate of drug-likeness (QED) is 0.494. The Morgan fingerprint density at radius 2 is 1.83 bits per heavy atom. The second-order valence-corrected chi connectivity index (χ2v) is 3.16. The van der Waals surface area contributed by atoms with Crippen LogP contribution in [0.4, 0.5) is 0 Å². The Balaban J connectivity index is 3.07. The highest BCUT2D eigenvalue weighted by Gasteiger charge is 1.86. The number of rotatable bonds is 5. The predicted molar refractivity (Wildman–Crippen MR) is 52.8 cm³/mol. The zero-order valence-electron chi connectivity index (χ0n) is 8.27. The zero-order valence-corrected chi connectivity index (χ0v) is 8.27. The summed E-state index contributed by atoms with van der Waals surface area (Å²) < 4.78 is 0. The molecule has 0 aromatic carbocycles. The average Bonchev–Trinajstić information content (AvgIpc) is 2.02. The number of aliphatic hydroxyl groups excluding tert-OH is 1. The van der Waals surface area contributed by atoms with Crippen LogP contribution in [0.15, 0.2) is 0 Å². The molecular formula is C11H20O. The number of aliphatic hydroxyl groups is 1. The Kier molecular flexibility index (Phi) is 8.27. The standard InChI is InChI=1S/C11H20O/c1-3-4-5-6-7-8-9-10-11(2)12/h11-12H,3-8H2,1-2H3. The first-order valence-corrected chi connectivity index (χ1v) is 4.93. The van der Waals surface area contributed by atoms with E-state index >= 15 is 0 Å². The minimum absolute atomic E-state index is 0.458. The number of hydrogen-bond donors (Lipinski definition) is 1. The number of unbranched alkanes of at least 4 members (excludes halogenated alkanes) is 5. The molecule has 0 rings (SSSR count). The molecule has 0 spiro atoms. The van der Waals surface area contributed by atoms with Crippen molar-refractivity contribution in [2.24, 2.45) is 0 Å². The minimum atomic E-state index is -0.458. The van der Waals surface area contributed by atoms with Crippen molar-refractivity contribution in [3.63, 3.8) is 0 Å². The lowest BCUT2D eigenvalue weighted by Crippen LogP contribution is -1.92. The smallest absolute Gasteiger partial charge is 0.111 e. The average molecular weight is 168 g/mol. The first kappa shape index (κ1) is 11.5. The number of hydrogen-bond acceptors (Lipinski definition) is 1. The first-order chi connectivity index (χ1) is 5.77. The van der Waals surface area contributed by atoms with E-state index in [0.29, 0.717) is 0 Å². The molecule has 0 aliphatic carbocycles. The SMILES string of the molecule is CCCCCCCC#CC(C)O. The van der Waals surface area contributed by atoms with Crippen LogP contribution in [0, 0.1) is 11.8 Å². The van der Waals surface area contributed by atoms with E-state index in [9.17, 15) is 0 Å². The molecule has 0 bridgehead atoms. The van der Waals surface area contributed by atoms with Gasteiger partial charge in [0.05, 0.1) is 0 Å². The molecule has 0 fully saturated rings. The molecule has 0 aromatic rings. The molecule has 0 amide bonds. The van der Waals surface area contributed by atoms with Gasteiger partial charge in [0.2, 0.25) is 0 Å². The molecule has 1 atom stereocenters. The molecule has 1 heteroatoms. The molecule has 0 aliphatic rings. The molecule has 0 saturated heterocycles. The fourth-order valence-electron chi connectivity index (χ4n) is 1.04. The van der Waals surface area contributed by atoms with Crippen LogP contribution in [0.1, 0.15) is 52.4 Å². The normalized spacial score (nSPS) is 11.9. The van der Waals surface area contributed by atoms with Crippen LogP contribution in [0.5, 0.6) is 0 Å². The van der Waals surface area contributed by atoms with Gasteiger partial charge in [-0.25, -0.2) is 0 Å². The molecule has 1 nitrogen and oxygen atoms in total. The van der Waals surface area contributed by atoms with E-state index in [1.54, 1.807) is 6.92 Å². The molecule has 0 radical (unpaired) electrons. The van der Waals surface area contributed by atoms with Crippen LogP contribution in [0.2, 0.25) is 0 Å². The van der Waals surface area contributed by atoms with Crippen molar-refractivity contribution in [1.29, 1.82) is 0 Å². The van der Waals surface area contributed by atoms with Gasteiger partial charge in [-0.3, -0.25) is 0 Å². The predicted octanol–water partition coefficient (Wildman–Crippen LogP) is 2.73. The molecule has 0 heterocycles. The van der Waals surface area contributed by atoms with Gasteiger partial charge in [0.1, 0.15) is 6.10 Å². The second kappa shape index (κ2) is 8.62. The van der Waals surface area contributed by atoms with E-state index in [0.717, 1.165) is 6.42 Å². The summed E-state index contributed by atoms with van der Waals surface area (Å²) in [4.78, 5) is 0. The molecule has 0 saturated carbocycles. The fraction of sp³-hybridized carbons (Fsp3) is 0.818. The van der Waals surface area contributed by atoms with Gasteiger partial charge in [0.25, 0.3) is 0 Å². The molecule has 0 aromatic heterocycles. The largest absolute Gasteiger partial charge is 0.381 e. The van der Waals surface area contributed by atoms with Gasteiger partial charge in [-0.15, -0.1) is 5.92 Å². The summed E-state index contributed by atoms with van der Waals surface area (Å²) in [7, 11) is 0. The van der Waals surface area contributed by atoms with Gasteiger partial charge in [-0.1, -0.05) is 38.5 Å². The summed E-state index contributed by atoms with van der Waals surface area (Å²) in [5, 5.41) is 8.82. The fourth-order valence-corrected chi connectivity index (χ4v) is 1.04. The highest BCUT2D eigenvalue weighted by molar-refractivity contribution is 5.02. The zero-order chi connectivity index (χ0) is 9.23. The second-order valence-electron chi connectivity index (χ2n) is 3.16. The van der Waals surface area contributed by atoms with Crippen molar-refractivity contribution in [2.75, 3.05) is 0 Å². The van der Waals surface area contributed by atoms with Crippen LogP contribution in [0.25, 0.3) is 0 Å². The molecule has 1 unspecified atom stereocenters. The van der Waals surface area contributed by atoms with Crippen molar-refractivity contribution in [1.82, 2.24) is 0 Å². The Hall–Kier alpha value is -0.480. The summed E-state index contributed by atoms with van der Waals surface area (Å²) in [6.45, 7) is 3.91. The van der Waals surface area contributed by atoms with Gasteiger partial charge in [0.15, 0.2) is 0 Å². The lowest BCUT2D eigenvalue weighted by Gasteiger charge is -1.94. The van der Waals surface area contributed by atoms with Gasteiger partial charge in [-0.05, 0) is 13.3 Å². The first-order valence-electron chi connectivity index (χ1n) is 4.93. The molecule has 0 aliphatic heterocycles. The van der Waals surface area contributed by atoms with Crippen LogP contribution < -0.4 is 0 Å². The van der Waals surface area contributed by atoms with Crippen LogP contribution >= 0.6 is 0 Å². The maximum atomic E-state index is 8.82. The summed E-state index contributed by atoms with van der Waals surface area (Å²) in [6, 6.07) is 0. The van der Waals surface area contributed by atoms with E-state index in [4.69, 9.17) is 5.11 Å². The van der Waals surface area contributed by atoms with E-state index < -0.39 is 6.10 Å². The summed E-state index contributed by atoms with van der Waals surface area (Å²) >= 11 is 0. The van der Waals surface area contributed by atoms with E-state index in [-0.39, 0.29) is 0 Å². The van der Waals surface area contributed by atoms with Crippen LogP contribution in [-0.2, 0) is 0 Å². The summed E-state index contributed by atoms with van der Waals surface area (Å²) in [6.07, 6.45) is 6.90. The van der Waals surface area contributed by atoms with Gasteiger partial charge in [0, 0.05) is 6.42 Å². The Morgan fingerprint density at radius 3 is 2.42 bits per heavy atom.